The molecule has 0 aliphatic heterocycles. The largest absolute Gasteiger partial charge is 0.352 e. The summed E-state index contributed by atoms with van der Waals surface area (Å²) >= 11 is 1.68. The molecule has 0 saturated carbocycles. The Labute approximate surface area is 164 Å². The van der Waals surface area contributed by atoms with E-state index in [2.05, 4.69) is 39.8 Å². The minimum absolute atomic E-state index is 0. The molecule has 0 aliphatic rings. The fourth-order valence-electron chi connectivity index (χ4n) is 2.07. The summed E-state index contributed by atoms with van der Waals surface area (Å²) in [5, 5.41) is 9.68. The van der Waals surface area contributed by atoms with Crippen LogP contribution in [0.1, 0.15) is 41.6 Å². The third kappa shape index (κ3) is 6.01. The van der Waals surface area contributed by atoms with Gasteiger partial charge in [0.25, 0.3) is 0 Å². The molecular weight excluding hydrogens is 438 g/mol. The van der Waals surface area contributed by atoms with Crippen LogP contribution < -0.4 is 10.6 Å². The molecule has 1 aromatic heterocycles. The Hall–Kier alpha value is -1.22. The van der Waals surface area contributed by atoms with Gasteiger partial charge >= 0.3 is 0 Å². The topological polar surface area (TPSA) is 49.3 Å². The summed E-state index contributed by atoms with van der Waals surface area (Å²) in [7, 11) is 1.73. The molecule has 24 heavy (non-hydrogen) atoms. The number of nitrogens with zero attached hydrogens (tertiary/aromatic N) is 2. The van der Waals surface area contributed by atoms with Gasteiger partial charge in [-0.05, 0) is 24.1 Å². The predicted molar refractivity (Wildman–Crippen MR) is 110 cm³/mol. The highest BCUT2D eigenvalue weighted by molar-refractivity contribution is 14.0. The number of hydrogen-bond acceptors (Lipinski definition) is 3. The van der Waals surface area contributed by atoms with Crippen molar-refractivity contribution in [2.45, 2.75) is 39.8 Å². The maximum absolute atomic E-state index is 13.3. The average molecular weight is 462 g/mol. The summed E-state index contributed by atoms with van der Waals surface area (Å²) < 4.78 is 13.3. The molecule has 1 heterocycles. The van der Waals surface area contributed by atoms with Crippen molar-refractivity contribution < 1.29 is 4.39 Å². The van der Waals surface area contributed by atoms with E-state index in [-0.39, 0.29) is 29.8 Å². The van der Waals surface area contributed by atoms with Gasteiger partial charge in [0.05, 0.1) is 17.2 Å². The lowest BCUT2D eigenvalue weighted by molar-refractivity contribution is 0.617. The highest BCUT2D eigenvalue weighted by Gasteiger charge is 2.06. The molecule has 0 saturated heterocycles. The molecule has 0 aliphatic carbocycles. The zero-order valence-electron chi connectivity index (χ0n) is 14.4. The second-order valence-electron chi connectivity index (χ2n) is 5.69. The van der Waals surface area contributed by atoms with Crippen LogP contribution in [0.3, 0.4) is 0 Å². The predicted octanol–water partition coefficient (Wildman–Crippen LogP) is 4.20. The first-order valence-electron chi connectivity index (χ1n) is 7.63. The van der Waals surface area contributed by atoms with Gasteiger partial charge in [-0.2, -0.15) is 0 Å². The van der Waals surface area contributed by atoms with Gasteiger partial charge in [-0.1, -0.05) is 26.0 Å². The fourth-order valence-corrected chi connectivity index (χ4v) is 2.90. The number of aryl methyl sites for hydroxylation is 1. The van der Waals surface area contributed by atoms with E-state index in [1.165, 1.54) is 6.07 Å². The average Bonchev–Trinajstić information content (AvgIpc) is 3.00. The molecule has 2 N–H and O–H groups in total. The first-order valence-corrected chi connectivity index (χ1v) is 8.51. The Bertz CT molecular complexity index is 685. The quantitative estimate of drug-likeness (QED) is 0.398. The van der Waals surface area contributed by atoms with Crippen LogP contribution in [0, 0.1) is 12.7 Å². The smallest absolute Gasteiger partial charge is 0.191 e. The molecule has 0 fully saturated rings. The molecule has 4 nitrogen and oxygen atoms in total. The first-order chi connectivity index (χ1) is 11.0. The highest BCUT2D eigenvalue weighted by atomic mass is 127. The van der Waals surface area contributed by atoms with Gasteiger partial charge in [-0.25, -0.2) is 9.37 Å². The molecule has 7 heteroatoms. The Balaban J connectivity index is 0.00000288. The lowest BCUT2D eigenvalue weighted by atomic mass is 10.1. The molecule has 132 valence electrons. The molecule has 1 aromatic carbocycles. The normalized spacial score (nSPS) is 11.3. The molecule has 0 unspecified atom stereocenters. The van der Waals surface area contributed by atoms with Gasteiger partial charge in [0.15, 0.2) is 5.96 Å². The number of halogens is 2. The van der Waals surface area contributed by atoms with Crippen molar-refractivity contribution in [3.63, 3.8) is 0 Å². The fraction of sp³-hybridized carbons (Fsp3) is 0.412. The van der Waals surface area contributed by atoms with Gasteiger partial charge < -0.3 is 10.6 Å². The number of aliphatic imine (C=N–C) groups is 1. The van der Waals surface area contributed by atoms with Gasteiger partial charge in [-0.15, -0.1) is 35.3 Å². The summed E-state index contributed by atoms with van der Waals surface area (Å²) in [5.74, 6) is 0.972. The maximum atomic E-state index is 13.3. The molecule has 0 radical (unpaired) electrons. The van der Waals surface area contributed by atoms with Gasteiger partial charge in [0.1, 0.15) is 5.82 Å². The minimum atomic E-state index is -0.180. The third-order valence-corrected chi connectivity index (χ3v) is 4.60. The van der Waals surface area contributed by atoms with Crippen molar-refractivity contribution in [1.29, 1.82) is 0 Å². The molecular formula is C17H24FIN4S. The summed E-state index contributed by atoms with van der Waals surface area (Å²) in [6, 6.07) is 5.11. The summed E-state index contributed by atoms with van der Waals surface area (Å²) in [4.78, 5) is 8.78. The lowest BCUT2D eigenvalue weighted by Crippen LogP contribution is -2.36. The van der Waals surface area contributed by atoms with E-state index in [0.717, 1.165) is 16.3 Å². The highest BCUT2D eigenvalue weighted by Crippen LogP contribution is 2.18. The molecule has 0 bridgehead atoms. The van der Waals surface area contributed by atoms with Gasteiger partial charge in [0, 0.05) is 24.9 Å². The van der Waals surface area contributed by atoms with Crippen molar-refractivity contribution in [3.8, 4) is 0 Å². The molecule has 0 spiro atoms. The van der Waals surface area contributed by atoms with E-state index in [1.54, 1.807) is 31.4 Å². The van der Waals surface area contributed by atoms with Gasteiger partial charge in [0.2, 0.25) is 0 Å². The second kappa shape index (κ2) is 9.93. The van der Waals surface area contributed by atoms with Crippen LogP contribution in [0.25, 0.3) is 0 Å². The molecule has 2 rings (SSSR count). The van der Waals surface area contributed by atoms with Crippen LogP contribution in [-0.4, -0.2) is 18.0 Å². The third-order valence-electron chi connectivity index (χ3n) is 3.41. The van der Waals surface area contributed by atoms with E-state index in [4.69, 9.17) is 0 Å². The number of thiazole rings is 1. The van der Waals surface area contributed by atoms with Crippen LogP contribution in [0.2, 0.25) is 0 Å². The monoisotopic (exact) mass is 462 g/mol. The number of nitrogens with one attached hydrogen (secondary N) is 2. The Morgan fingerprint density at radius 1 is 1.29 bits per heavy atom. The van der Waals surface area contributed by atoms with Crippen molar-refractivity contribution >= 4 is 41.3 Å². The van der Waals surface area contributed by atoms with Crippen LogP contribution in [0.5, 0.6) is 0 Å². The van der Waals surface area contributed by atoms with Crippen molar-refractivity contribution in [3.05, 3.63) is 51.2 Å². The van der Waals surface area contributed by atoms with Crippen LogP contribution >= 0.6 is 35.3 Å². The van der Waals surface area contributed by atoms with E-state index in [1.807, 2.05) is 6.07 Å². The standard InChI is InChI=1S/C17H23FN4S.HI/c1-11(2)16-22-14(10-23-16)9-21-17(19-4)20-8-13-5-6-15(18)12(3)7-13;/h5-7,10-11H,8-9H2,1-4H3,(H2,19,20,21);1H. The lowest BCUT2D eigenvalue weighted by Gasteiger charge is -2.11. The number of benzene rings is 1. The Kier molecular flexibility index (Phi) is 8.61. The SMILES string of the molecule is CN=C(NCc1ccc(F)c(C)c1)NCc1csc(C(C)C)n1.I. The van der Waals surface area contributed by atoms with Crippen LogP contribution in [-0.2, 0) is 13.1 Å². The van der Waals surface area contributed by atoms with E-state index < -0.39 is 0 Å². The van der Waals surface area contributed by atoms with Gasteiger partial charge in [-0.3, -0.25) is 4.99 Å². The number of guanidine groups is 1. The van der Waals surface area contributed by atoms with E-state index >= 15 is 0 Å². The number of aromatic nitrogens is 1. The van der Waals surface area contributed by atoms with Crippen LogP contribution in [0.4, 0.5) is 4.39 Å². The van der Waals surface area contributed by atoms with Crippen molar-refractivity contribution in [2.24, 2.45) is 4.99 Å². The number of rotatable bonds is 5. The molecule has 2 aromatic rings. The summed E-state index contributed by atoms with van der Waals surface area (Å²) in [6.07, 6.45) is 0. The zero-order valence-corrected chi connectivity index (χ0v) is 17.5. The summed E-state index contributed by atoms with van der Waals surface area (Å²) in [6.45, 7) is 7.27. The number of hydrogen-bond donors (Lipinski definition) is 2. The van der Waals surface area contributed by atoms with Crippen LogP contribution in [0.15, 0.2) is 28.6 Å². The molecule has 0 atom stereocenters. The zero-order chi connectivity index (χ0) is 16.8. The Morgan fingerprint density at radius 2 is 2.00 bits per heavy atom. The molecule has 0 amide bonds. The summed E-state index contributed by atoms with van der Waals surface area (Å²) in [5.41, 5.74) is 2.68. The first kappa shape index (κ1) is 20.8. The minimum Gasteiger partial charge on any atom is -0.352 e. The van der Waals surface area contributed by atoms with E-state index in [0.29, 0.717) is 30.5 Å². The van der Waals surface area contributed by atoms with Crippen molar-refractivity contribution in [1.82, 2.24) is 15.6 Å². The van der Waals surface area contributed by atoms with E-state index in [9.17, 15) is 4.39 Å². The maximum Gasteiger partial charge on any atom is 0.191 e. The van der Waals surface area contributed by atoms with Crippen molar-refractivity contribution in [2.75, 3.05) is 7.05 Å². The second-order valence-corrected chi connectivity index (χ2v) is 6.58. The Morgan fingerprint density at radius 3 is 2.58 bits per heavy atom.